The van der Waals surface area contributed by atoms with E-state index < -0.39 is 0 Å². The van der Waals surface area contributed by atoms with Crippen LogP contribution in [0, 0.1) is 12.8 Å². The predicted octanol–water partition coefficient (Wildman–Crippen LogP) is 5.32. The first kappa shape index (κ1) is 22.7. The van der Waals surface area contributed by atoms with Crippen LogP contribution in [0.4, 0.5) is 16.2 Å². The van der Waals surface area contributed by atoms with E-state index in [-0.39, 0.29) is 12.6 Å². The van der Waals surface area contributed by atoms with Crippen LogP contribution in [-0.4, -0.2) is 30.8 Å². The van der Waals surface area contributed by atoms with Crippen molar-refractivity contribution in [2.75, 3.05) is 29.9 Å². The van der Waals surface area contributed by atoms with Crippen molar-refractivity contribution in [2.45, 2.75) is 26.3 Å². The molecule has 0 bridgehead atoms. The van der Waals surface area contributed by atoms with Gasteiger partial charge in [-0.3, -0.25) is 0 Å². The molecule has 0 atom stereocenters. The predicted molar refractivity (Wildman–Crippen MR) is 132 cm³/mol. The Kier molecular flexibility index (Phi) is 7.47. The second-order valence-corrected chi connectivity index (χ2v) is 8.53. The van der Waals surface area contributed by atoms with Gasteiger partial charge in [0.05, 0.1) is 0 Å². The Hall–Kier alpha value is -3.51. The van der Waals surface area contributed by atoms with Gasteiger partial charge >= 0.3 is 6.03 Å². The zero-order valence-corrected chi connectivity index (χ0v) is 19.0. The molecule has 6 nitrogen and oxygen atoms in total. The zero-order chi connectivity index (χ0) is 23.0. The zero-order valence-electron chi connectivity index (χ0n) is 19.0. The molecular weight excluding hydrogens is 414 g/mol. The summed E-state index contributed by atoms with van der Waals surface area (Å²) < 4.78 is 5.85. The minimum atomic E-state index is -0.252. The third kappa shape index (κ3) is 6.49. The fourth-order valence-corrected chi connectivity index (χ4v) is 3.98. The Bertz CT molecular complexity index is 1040. The summed E-state index contributed by atoms with van der Waals surface area (Å²) in [6, 6.07) is 23.2. The highest BCUT2D eigenvalue weighted by atomic mass is 16.5. The van der Waals surface area contributed by atoms with Gasteiger partial charge in [0, 0.05) is 37.6 Å². The largest absolute Gasteiger partial charge is 0.457 e. The van der Waals surface area contributed by atoms with Gasteiger partial charge in [0.1, 0.15) is 11.5 Å². The van der Waals surface area contributed by atoms with E-state index in [1.165, 1.54) is 5.69 Å². The summed E-state index contributed by atoms with van der Waals surface area (Å²) in [4.78, 5) is 14.6. The number of hydrogen-bond acceptors (Lipinski definition) is 4. The van der Waals surface area contributed by atoms with Gasteiger partial charge in [0.15, 0.2) is 0 Å². The van der Waals surface area contributed by atoms with Crippen molar-refractivity contribution in [2.24, 2.45) is 5.92 Å². The lowest BCUT2D eigenvalue weighted by Gasteiger charge is -2.33. The monoisotopic (exact) mass is 445 g/mol. The lowest BCUT2D eigenvalue weighted by molar-refractivity contribution is 0.203. The first-order valence-corrected chi connectivity index (χ1v) is 11.4. The smallest absolute Gasteiger partial charge is 0.319 e. The van der Waals surface area contributed by atoms with E-state index in [1.54, 1.807) is 0 Å². The fraction of sp³-hybridized carbons (Fsp3) is 0.296. The average Bonchev–Trinajstić information content (AvgIpc) is 2.84. The van der Waals surface area contributed by atoms with E-state index in [0.717, 1.165) is 42.8 Å². The number of nitrogens with zero attached hydrogens (tertiary/aromatic N) is 1. The molecule has 0 aliphatic carbocycles. The molecule has 1 saturated heterocycles. The van der Waals surface area contributed by atoms with Crippen molar-refractivity contribution in [3.63, 3.8) is 0 Å². The van der Waals surface area contributed by atoms with E-state index in [0.29, 0.717) is 23.9 Å². The SMILES string of the molecule is Cc1cccc(Oc2ccc(NC(=O)NCc3ccc(N4CCC(CO)CC4)cc3)cc2)c1. The lowest BCUT2D eigenvalue weighted by Crippen LogP contribution is -2.34. The molecule has 1 heterocycles. The van der Waals surface area contributed by atoms with Crippen molar-refractivity contribution < 1.29 is 14.6 Å². The van der Waals surface area contributed by atoms with E-state index in [1.807, 2.05) is 67.6 Å². The Morgan fingerprint density at radius 1 is 1.00 bits per heavy atom. The lowest BCUT2D eigenvalue weighted by atomic mass is 9.97. The van der Waals surface area contributed by atoms with Crippen LogP contribution < -0.4 is 20.3 Å². The molecule has 4 rings (SSSR count). The normalized spacial score (nSPS) is 14.1. The number of aryl methyl sites for hydroxylation is 1. The van der Waals surface area contributed by atoms with Crippen LogP contribution in [-0.2, 0) is 6.54 Å². The maximum absolute atomic E-state index is 12.3. The third-order valence-corrected chi connectivity index (χ3v) is 5.96. The molecule has 3 aromatic carbocycles. The number of carbonyl (C=O) groups excluding carboxylic acids is 1. The number of piperidine rings is 1. The van der Waals surface area contributed by atoms with E-state index in [9.17, 15) is 9.90 Å². The second-order valence-electron chi connectivity index (χ2n) is 8.53. The molecule has 6 heteroatoms. The topological polar surface area (TPSA) is 73.8 Å². The van der Waals surface area contributed by atoms with Crippen LogP contribution in [0.15, 0.2) is 72.8 Å². The highest BCUT2D eigenvalue weighted by molar-refractivity contribution is 5.89. The van der Waals surface area contributed by atoms with Gasteiger partial charge in [-0.2, -0.15) is 0 Å². The van der Waals surface area contributed by atoms with Crippen molar-refractivity contribution in [1.82, 2.24) is 5.32 Å². The quantitative estimate of drug-likeness (QED) is 0.460. The first-order valence-electron chi connectivity index (χ1n) is 11.4. The number of rotatable bonds is 7. The van der Waals surface area contributed by atoms with Gasteiger partial charge < -0.3 is 25.4 Å². The molecule has 2 amide bonds. The molecule has 0 saturated carbocycles. The van der Waals surface area contributed by atoms with Crippen LogP contribution in [0.3, 0.4) is 0 Å². The molecule has 0 unspecified atom stereocenters. The molecule has 0 spiro atoms. The first-order chi connectivity index (χ1) is 16.1. The Labute approximate surface area is 195 Å². The highest BCUT2D eigenvalue weighted by Crippen LogP contribution is 2.24. The summed E-state index contributed by atoms with van der Waals surface area (Å²) >= 11 is 0. The van der Waals surface area contributed by atoms with Gasteiger partial charge in [0.25, 0.3) is 0 Å². The van der Waals surface area contributed by atoms with Crippen LogP contribution in [0.25, 0.3) is 0 Å². The highest BCUT2D eigenvalue weighted by Gasteiger charge is 2.18. The van der Waals surface area contributed by atoms with Crippen molar-refractivity contribution in [3.05, 3.63) is 83.9 Å². The molecule has 1 aliphatic heterocycles. The minimum absolute atomic E-state index is 0.252. The van der Waals surface area contributed by atoms with Gasteiger partial charge in [-0.15, -0.1) is 0 Å². The van der Waals surface area contributed by atoms with Crippen molar-refractivity contribution >= 4 is 17.4 Å². The molecule has 172 valence electrons. The minimum Gasteiger partial charge on any atom is -0.457 e. The Morgan fingerprint density at radius 3 is 2.39 bits per heavy atom. The summed E-state index contributed by atoms with van der Waals surface area (Å²) in [5.41, 5.74) is 4.07. The van der Waals surface area contributed by atoms with E-state index in [4.69, 9.17) is 4.74 Å². The van der Waals surface area contributed by atoms with Crippen molar-refractivity contribution in [1.29, 1.82) is 0 Å². The van der Waals surface area contributed by atoms with Gasteiger partial charge in [-0.05, 0) is 85.3 Å². The van der Waals surface area contributed by atoms with E-state index >= 15 is 0 Å². The Morgan fingerprint density at radius 2 is 1.73 bits per heavy atom. The number of nitrogens with one attached hydrogen (secondary N) is 2. The number of ether oxygens (including phenoxy) is 1. The standard InChI is InChI=1S/C27H31N3O3/c1-20-3-2-4-26(17-20)33-25-11-7-23(8-12-25)29-27(32)28-18-21-5-9-24(10-6-21)30-15-13-22(19-31)14-16-30/h2-12,17,22,31H,13-16,18-19H2,1H3,(H2,28,29,32). The number of amides is 2. The molecule has 0 aromatic heterocycles. The molecule has 1 fully saturated rings. The number of aliphatic hydroxyl groups is 1. The van der Waals surface area contributed by atoms with Gasteiger partial charge in [0.2, 0.25) is 0 Å². The summed E-state index contributed by atoms with van der Waals surface area (Å²) in [5.74, 6) is 1.93. The Balaban J connectivity index is 1.23. The molecular formula is C27H31N3O3. The summed E-state index contributed by atoms with van der Waals surface area (Å²) in [5, 5.41) is 15.0. The van der Waals surface area contributed by atoms with Gasteiger partial charge in [-0.25, -0.2) is 4.79 Å². The molecule has 0 radical (unpaired) electrons. The number of anilines is 2. The third-order valence-electron chi connectivity index (χ3n) is 5.96. The number of carbonyl (C=O) groups is 1. The number of urea groups is 1. The number of aliphatic hydroxyl groups excluding tert-OH is 1. The molecule has 33 heavy (non-hydrogen) atoms. The maximum atomic E-state index is 12.3. The molecule has 3 N–H and O–H groups in total. The summed E-state index contributed by atoms with van der Waals surface area (Å²) in [6.07, 6.45) is 2.05. The summed E-state index contributed by atoms with van der Waals surface area (Å²) in [7, 11) is 0. The van der Waals surface area contributed by atoms with Crippen LogP contribution in [0.5, 0.6) is 11.5 Å². The van der Waals surface area contributed by atoms with Crippen LogP contribution in [0.1, 0.15) is 24.0 Å². The number of benzene rings is 3. The van der Waals surface area contributed by atoms with Crippen LogP contribution >= 0.6 is 0 Å². The number of hydrogen-bond donors (Lipinski definition) is 3. The van der Waals surface area contributed by atoms with Gasteiger partial charge in [-0.1, -0.05) is 24.3 Å². The molecule has 3 aromatic rings. The van der Waals surface area contributed by atoms with E-state index in [2.05, 4.69) is 27.7 Å². The van der Waals surface area contributed by atoms with Crippen LogP contribution in [0.2, 0.25) is 0 Å². The maximum Gasteiger partial charge on any atom is 0.319 e. The second kappa shape index (κ2) is 10.9. The van der Waals surface area contributed by atoms with Crippen molar-refractivity contribution in [3.8, 4) is 11.5 Å². The molecule has 1 aliphatic rings. The summed E-state index contributed by atoms with van der Waals surface area (Å²) in [6.45, 7) is 4.70. The average molecular weight is 446 g/mol. The fourth-order valence-electron chi connectivity index (χ4n) is 3.98.